The Morgan fingerprint density at radius 3 is 2.79 bits per heavy atom. The van der Waals surface area contributed by atoms with E-state index in [0.29, 0.717) is 31.5 Å². The van der Waals surface area contributed by atoms with Gasteiger partial charge in [0.05, 0.1) is 17.8 Å². The third kappa shape index (κ3) is 3.57. The van der Waals surface area contributed by atoms with Gasteiger partial charge in [-0.25, -0.2) is 4.79 Å². The van der Waals surface area contributed by atoms with Crippen LogP contribution in [0.1, 0.15) is 40.5 Å². The summed E-state index contributed by atoms with van der Waals surface area (Å²) in [5.74, 6) is -0.0546. The van der Waals surface area contributed by atoms with Crippen LogP contribution < -0.4 is 15.5 Å². The Labute approximate surface area is 163 Å². The number of carbonyl (C=O) groups is 2. The number of aliphatic hydroxyl groups is 1. The van der Waals surface area contributed by atoms with E-state index in [2.05, 4.69) is 15.6 Å². The molecular formula is C21H24N4O3. The monoisotopic (exact) mass is 380 g/mol. The maximum atomic E-state index is 13.0. The molecule has 28 heavy (non-hydrogen) atoms. The van der Waals surface area contributed by atoms with Gasteiger partial charge in [-0.1, -0.05) is 12.1 Å². The molecule has 146 valence electrons. The van der Waals surface area contributed by atoms with Gasteiger partial charge in [-0.15, -0.1) is 0 Å². The molecule has 0 spiro atoms. The quantitative estimate of drug-likeness (QED) is 0.741. The Morgan fingerprint density at radius 2 is 2.14 bits per heavy atom. The first-order valence-corrected chi connectivity index (χ1v) is 9.59. The van der Waals surface area contributed by atoms with Crippen LogP contribution in [-0.4, -0.2) is 41.2 Å². The van der Waals surface area contributed by atoms with E-state index in [-0.39, 0.29) is 30.0 Å². The molecule has 2 aromatic rings. The van der Waals surface area contributed by atoms with Crippen molar-refractivity contribution in [2.45, 2.75) is 31.9 Å². The number of benzene rings is 1. The van der Waals surface area contributed by atoms with Crippen molar-refractivity contribution < 1.29 is 14.7 Å². The molecule has 0 bridgehead atoms. The molecule has 1 atom stereocenters. The van der Waals surface area contributed by atoms with Crippen LogP contribution in [0.4, 0.5) is 10.5 Å². The standard InChI is InChI=1S/C21H24N4O3/c1-13-5-6-14(12-18(13)25-9-8-23-21(25)28)20(27)24-19(15-10-16(26)11-15)17-4-2-3-7-22-17/h2-7,12,15-16,19,26H,8-11H2,1H3,(H,23,28)(H,24,27). The lowest BCUT2D eigenvalue weighted by molar-refractivity contribution is 0.0228. The lowest BCUT2D eigenvalue weighted by Gasteiger charge is -2.37. The SMILES string of the molecule is Cc1ccc(C(=O)NC(c2ccccn2)C2CC(O)C2)cc1N1CCNC1=O. The third-order valence-electron chi connectivity index (χ3n) is 5.53. The first-order chi connectivity index (χ1) is 13.5. The largest absolute Gasteiger partial charge is 0.393 e. The molecule has 7 nitrogen and oxygen atoms in total. The molecule has 1 aromatic heterocycles. The molecule has 1 aromatic carbocycles. The summed E-state index contributed by atoms with van der Waals surface area (Å²) in [6, 6.07) is 10.6. The molecule has 1 saturated carbocycles. The fourth-order valence-electron chi connectivity index (χ4n) is 3.86. The number of nitrogens with zero attached hydrogens (tertiary/aromatic N) is 2. The van der Waals surface area contributed by atoms with Crippen LogP contribution in [0.15, 0.2) is 42.6 Å². The number of hydrogen-bond acceptors (Lipinski definition) is 4. The molecule has 4 rings (SSSR count). The molecule has 7 heteroatoms. The Morgan fingerprint density at radius 1 is 1.32 bits per heavy atom. The maximum Gasteiger partial charge on any atom is 0.322 e. The Kier molecular flexibility index (Phi) is 5.00. The van der Waals surface area contributed by atoms with Crippen molar-refractivity contribution in [2.24, 2.45) is 5.92 Å². The molecule has 3 N–H and O–H groups in total. The van der Waals surface area contributed by atoms with Crippen LogP contribution in [0.25, 0.3) is 0 Å². The zero-order valence-corrected chi connectivity index (χ0v) is 15.8. The number of nitrogens with one attached hydrogen (secondary N) is 2. The van der Waals surface area contributed by atoms with E-state index >= 15 is 0 Å². The molecule has 1 aliphatic heterocycles. The number of aryl methyl sites for hydroxylation is 1. The predicted molar refractivity (Wildman–Crippen MR) is 105 cm³/mol. The zero-order valence-electron chi connectivity index (χ0n) is 15.8. The summed E-state index contributed by atoms with van der Waals surface area (Å²) in [5.41, 5.74) is 2.98. The molecule has 1 unspecified atom stereocenters. The number of hydrogen-bond donors (Lipinski definition) is 3. The highest BCUT2D eigenvalue weighted by molar-refractivity contribution is 5.99. The van der Waals surface area contributed by atoms with Gasteiger partial charge in [-0.3, -0.25) is 14.7 Å². The second-order valence-electron chi connectivity index (χ2n) is 7.48. The van der Waals surface area contributed by atoms with Gasteiger partial charge >= 0.3 is 6.03 Å². The number of aliphatic hydroxyl groups excluding tert-OH is 1. The number of aromatic nitrogens is 1. The number of rotatable bonds is 5. The van der Waals surface area contributed by atoms with Crippen LogP contribution >= 0.6 is 0 Å². The smallest absolute Gasteiger partial charge is 0.322 e. The first kappa shape index (κ1) is 18.4. The van der Waals surface area contributed by atoms with Gasteiger partial charge in [0.25, 0.3) is 5.91 Å². The average Bonchev–Trinajstić information content (AvgIpc) is 3.10. The zero-order chi connectivity index (χ0) is 19.7. The van der Waals surface area contributed by atoms with Crippen molar-refractivity contribution in [1.82, 2.24) is 15.6 Å². The summed E-state index contributed by atoms with van der Waals surface area (Å²) in [6.07, 6.45) is 2.69. The highest BCUT2D eigenvalue weighted by atomic mass is 16.3. The van der Waals surface area contributed by atoms with Crippen molar-refractivity contribution in [3.8, 4) is 0 Å². The van der Waals surface area contributed by atoms with Crippen molar-refractivity contribution >= 4 is 17.6 Å². The van der Waals surface area contributed by atoms with E-state index in [0.717, 1.165) is 16.9 Å². The summed E-state index contributed by atoms with van der Waals surface area (Å²) in [4.78, 5) is 31.1. The lowest BCUT2D eigenvalue weighted by atomic mass is 9.76. The normalized spacial score (nSPS) is 22.4. The Bertz CT molecular complexity index is 880. The second-order valence-corrected chi connectivity index (χ2v) is 7.48. The topological polar surface area (TPSA) is 94.6 Å². The number of pyridine rings is 1. The van der Waals surface area contributed by atoms with Gasteiger partial charge in [-0.2, -0.15) is 0 Å². The van der Waals surface area contributed by atoms with Crippen LogP contribution in [0.5, 0.6) is 0 Å². The number of anilines is 1. The van der Waals surface area contributed by atoms with E-state index in [1.54, 1.807) is 23.2 Å². The highest BCUT2D eigenvalue weighted by Gasteiger charge is 2.36. The Balaban J connectivity index is 1.57. The summed E-state index contributed by atoms with van der Waals surface area (Å²) >= 11 is 0. The summed E-state index contributed by atoms with van der Waals surface area (Å²) in [6.45, 7) is 3.11. The number of urea groups is 1. The van der Waals surface area contributed by atoms with Crippen LogP contribution in [0, 0.1) is 12.8 Å². The van der Waals surface area contributed by atoms with Gasteiger partial charge in [0.2, 0.25) is 0 Å². The van der Waals surface area contributed by atoms with Crippen LogP contribution in [-0.2, 0) is 0 Å². The second kappa shape index (κ2) is 7.59. The lowest BCUT2D eigenvalue weighted by Crippen LogP contribution is -2.41. The number of carbonyl (C=O) groups excluding carboxylic acids is 2. The molecular weight excluding hydrogens is 356 g/mol. The van der Waals surface area contributed by atoms with Crippen molar-refractivity contribution in [1.29, 1.82) is 0 Å². The summed E-state index contributed by atoms with van der Waals surface area (Å²) < 4.78 is 0. The fraction of sp³-hybridized carbons (Fsp3) is 0.381. The van der Waals surface area contributed by atoms with Crippen molar-refractivity contribution in [2.75, 3.05) is 18.0 Å². The van der Waals surface area contributed by atoms with Crippen molar-refractivity contribution in [3.63, 3.8) is 0 Å². The molecule has 2 heterocycles. The molecule has 0 radical (unpaired) electrons. The molecule has 2 fully saturated rings. The van der Waals surface area contributed by atoms with Gasteiger partial charge in [0.15, 0.2) is 0 Å². The van der Waals surface area contributed by atoms with E-state index in [1.807, 2.05) is 31.2 Å². The van der Waals surface area contributed by atoms with Gasteiger partial charge in [-0.05, 0) is 55.5 Å². The summed E-state index contributed by atoms with van der Waals surface area (Å²) in [5, 5.41) is 15.6. The predicted octanol–water partition coefficient (Wildman–Crippen LogP) is 2.16. The van der Waals surface area contributed by atoms with Crippen molar-refractivity contribution in [3.05, 3.63) is 59.4 Å². The Hall–Kier alpha value is -2.93. The van der Waals surface area contributed by atoms with E-state index in [1.165, 1.54) is 0 Å². The van der Waals surface area contributed by atoms with E-state index in [9.17, 15) is 14.7 Å². The maximum absolute atomic E-state index is 13.0. The fourth-order valence-corrected chi connectivity index (χ4v) is 3.86. The van der Waals surface area contributed by atoms with Gasteiger partial charge < -0.3 is 15.7 Å². The third-order valence-corrected chi connectivity index (χ3v) is 5.53. The highest BCUT2D eigenvalue weighted by Crippen LogP contribution is 2.37. The molecule has 3 amide bonds. The summed E-state index contributed by atoms with van der Waals surface area (Å²) in [7, 11) is 0. The van der Waals surface area contributed by atoms with Gasteiger partial charge in [0, 0.05) is 30.5 Å². The van der Waals surface area contributed by atoms with Crippen LogP contribution in [0.3, 0.4) is 0 Å². The van der Waals surface area contributed by atoms with E-state index < -0.39 is 0 Å². The van der Waals surface area contributed by atoms with E-state index in [4.69, 9.17) is 0 Å². The first-order valence-electron chi connectivity index (χ1n) is 9.59. The average molecular weight is 380 g/mol. The minimum absolute atomic E-state index is 0.143. The minimum atomic E-state index is -0.312. The molecule has 1 saturated heterocycles. The van der Waals surface area contributed by atoms with Crippen LogP contribution in [0.2, 0.25) is 0 Å². The molecule has 1 aliphatic carbocycles. The minimum Gasteiger partial charge on any atom is -0.393 e. The number of amides is 3. The molecule has 2 aliphatic rings. The van der Waals surface area contributed by atoms with Gasteiger partial charge in [0.1, 0.15) is 0 Å².